The molecule has 1 heterocycles. The van der Waals surface area contributed by atoms with Gasteiger partial charge in [-0.3, -0.25) is 4.99 Å². The molecule has 100 valence electrons. The van der Waals surface area contributed by atoms with Crippen molar-refractivity contribution in [2.24, 2.45) is 4.99 Å². The van der Waals surface area contributed by atoms with Crippen molar-refractivity contribution >= 4 is 23.0 Å². The van der Waals surface area contributed by atoms with Crippen LogP contribution in [-0.2, 0) is 0 Å². The minimum absolute atomic E-state index is 0.202. The van der Waals surface area contributed by atoms with E-state index in [0.29, 0.717) is 0 Å². The molecule has 19 heavy (non-hydrogen) atoms. The number of allylic oxidation sites excluding steroid dienone is 1. The van der Waals surface area contributed by atoms with Gasteiger partial charge >= 0.3 is 0 Å². The second-order valence-corrected chi connectivity index (χ2v) is 5.68. The van der Waals surface area contributed by atoms with Crippen molar-refractivity contribution in [3.8, 4) is 0 Å². The van der Waals surface area contributed by atoms with Crippen LogP contribution in [0.5, 0.6) is 0 Å². The van der Waals surface area contributed by atoms with Crippen molar-refractivity contribution in [3.05, 3.63) is 53.5 Å². The largest absolute Gasteiger partial charge is 0.335 e. The normalized spacial score (nSPS) is 17.9. The molecule has 0 fully saturated rings. The van der Waals surface area contributed by atoms with E-state index in [-0.39, 0.29) is 11.4 Å². The number of rotatable bonds is 2. The lowest BCUT2D eigenvalue weighted by molar-refractivity contribution is 0.628. The number of hydrogen-bond donors (Lipinski definition) is 1. The Morgan fingerprint density at radius 2 is 1.89 bits per heavy atom. The summed E-state index contributed by atoms with van der Waals surface area (Å²) in [5.41, 5.74) is 1.77. The first kappa shape index (κ1) is 13.9. The third-order valence-electron chi connectivity index (χ3n) is 2.67. The summed E-state index contributed by atoms with van der Waals surface area (Å²) in [5.74, 6) is -0.218. The number of thioether (sulfide) groups is 1. The maximum absolute atomic E-state index is 12.8. The lowest BCUT2D eigenvalue weighted by Gasteiger charge is -2.24. The van der Waals surface area contributed by atoms with E-state index >= 15 is 0 Å². The molecule has 1 aliphatic rings. The van der Waals surface area contributed by atoms with Gasteiger partial charge in [0.1, 0.15) is 5.82 Å². The molecule has 1 aromatic rings. The molecule has 0 aliphatic carbocycles. The Morgan fingerprint density at radius 1 is 1.21 bits per heavy atom. The molecule has 1 N–H and O–H groups in total. The Hall–Kier alpha value is -1.55. The van der Waals surface area contributed by atoms with Gasteiger partial charge in [-0.1, -0.05) is 30.0 Å². The first-order valence-electron chi connectivity index (χ1n) is 6.06. The second kappa shape index (κ2) is 5.61. The highest BCUT2D eigenvalue weighted by Crippen LogP contribution is 2.21. The van der Waals surface area contributed by atoms with Crippen molar-refractivity contribution in [1.82, 2.24) is 5.32 Å². The molecule has 0 saturated heterocycles. The molecule has 0 unspecified atom stereocenters. The maximum Gasteiger partial charge on any atom is 0.161 e. The molecule has 2 nitrogen and oxygen atoms in total. The first-order chi connectivity index (χ1) is 8.98. The molecular formula is C15H17FN2S. The predicted molar refractivity (Wildman–Crippen MR) is 81.7 cm³/mol. The number of nitrogens with zero attached hydrogens (tertiary/aromatic N) is 1. The van der Waals surface area contributed by atoms with Crippen LogP contribution >= 0.6 is 11.8 Å². The quantitative estimate of drug-likeness (QED) is 0.888. The molecule has 0 bridgehead atoms. The molecule has 2 rings (SSSR count). The summed E-state index contributed by atoms with van der Waals surface area (Å²) in [4.78, 5) is 4.56. The molecule has 4 heteroatoms. The standard InChI is InChI=1S/C15H17FN2S/c1-15(2)10-13(17-14(18-15)19-3)9-6-11-4-7-12(16)8-5-11/h4-10H,1-3H3,(H,17,18)/b9-6+. The Morgan fingerprint density at radius 3 is 2.53 bits per heavy atom. The Labute approximate surface area is 117 Å². The molecule has 0 atom stereocenters. The summed E-state index contributed by atoms with van der Waals surface area (Å²) in [7, 11) is 0. The van der Waals surface area contributed by atoms with E-state index < -0.39 is 0 Å². The Kier molecular flexibility index (Phi) is 4.10. The minimum atomic E-state index is -0.218. The van der Waals surface area contributed by atoms with Crippen LogP contribution in [0.25, 0.3) is 6.08 Å². The van der Waals surface area contributed by atoms with Crippen LogP contribution in [0.1, 0.15) is 19.4 Å². The zero-order chi connectivity index (χ0) is 13.9. The zero-order valence-electron chi connectivity index (χ0n) is 11.3. The van der Waals surface area contributed by atoms with Gasteiger partial charge in [0, 0.05) is 5.70 Å². The van der Waals surface area contributed by atoms with E-state index in [2.05, 4.69) is 30.2 Å². The van der Waals surface area contributed by atoms with Crippen molar-refractivity contribution in [2.45, 2.75) is 19.4 Å². The van der Waals surface area contributed by atoms with Crippen molar-refractivity contribution in [1.29, 1.82) is 0 Å². The smallest absolute Gasteiger partial charge is 0.161 e. The van der Waals surface area contributed by atoms with Crippen molar-refractivity contribution < 1.29 is 4.39 Å². The Bertz CT molecular complexity index is 542. The van der Waals surface area contributed by atoms with Gasteiger partial charge in [-0.25, -0.2) is 4.39 Å². The summed E-state index contributed by atoms with van der Waals surface area (Å²) in [5, 5.41) is 4.16. The molecule has 0 radical (unpaired) electrons. The topological polar surface area (TPSA) is 24.4 Å². The average molecular weight is 276 g/mol. The fraction of sp³-hybridized carbons (Fsp3) is 0.267. The van der Waals surface area contributed by atoms with Gasteiger partial charge in [0.15, 0.2) is 5.17 Å². The second-order valence-electron chi connectivity index (χ2n) is 4.88. The first-order valence-corrected chi connectivity index (χ1v) is 7.28. The number of amidine groups is 1. The highest BCUT2D eigenvalue weighted by molar-refractivity contribution is 8.13. The van der Waals surface area contributed by atoms with Crippen LogP contribution in [0.2, 0.25) is 0 Å². The van der Waals surface area contributed by atoms with Gasteiger partial charge in [0.25, 0.3) is 0 Å². The van der Waals surface area contributed by atoms with E-state index in [1.54, 1.807) is 23.9 Å². The van der Waals surface area contributed by atoms with Crippen LogP contribution < -0.4 is 5.32 Å². The SMILES string of the molecule is CSC1=NC(C)(C)C=C(/C=C/c2ccc(F)cc2)N1. The van der Waals surface area contributed by atoms with E-state index in [4.69, 9.17) is 0 Å². The number of aliphatic imine (C=N–C) groups is 1. The number of nitrogens with one attached hydrogen (secondary N) is 1. The number of hydrogen-bond acceptors (Lipinski definition) is 3. The number of benzene rings is 1. The summed E-state index contributed by atoms with van der Waals surface area (Å²) in [6.45, 7) is 4.13. The summed E-state index contributed by atoms with van der Waals surface area (Å²) in [6.07, 6.45) is 8.01. The van der Waals surface area contributed by atoms with Gasteiger partial charge in [-0.15, -0.1) is 0 Å². The summed E-state index contributed by atoms with van der Waals surface area (Å²) >= 11 is 1.59. The zero-order valence-corrected chi connectivity index (χ0v) is 12.1. The lowest BCUT2D eigenvalue weighted by atomic mass is 10.0. The molecule has 1 aliphatic heterocycles. The minimum Gasteiger partial charge on any atom is -0.335 e. The summed E-state index contributed by atoms with van der Waals surface area (Å²) < 4.78 is 12.8. The maximum atomic E-state index is 12.8. The monoisotopic (exact) mass is 276 g/mol. The fourth-order valence-corrected chi connectivity index (χ4v) is 2.35. The van der Waals surface area contributed by atoms with Crippen LogP contribution in [0.3, 0.4) is 0 Å². The van der Waals surface area contributed by atoms with E-state index in [9.17, 15) is 4.39 Å². The third kappa shape index (κ3) is 3.96. The van der Waals surface area contributed by atoms with E-state index in [1.165, 1.54) is 12.1 Å². The van der Waals surface area contributed by atoms with Gasteiger partial charge < -0.3 is 5.32 Å². The van der Waals surface area contributed by atoms with E-state index in [1.807, 2.05) is 18.4 Å². The molecule has 0 amide bonds. The molecular weight excluding hydrogens is 259 g/mol. The average Bonchev–Trinajstić information content (AvgIpc) is 2.36. The van der Waals surface area contributed by atoms with Gasteiger partial charge in [-0.05, 0) is 50.0 Å². The highest BCUT2D eigenvalue weighted by atomic mass is 32.2. The highest BCUT2D eigenvalue weighted by Gasteiger charge is 2.19. The number of halogens is 1. The summed E-state index contributed by atoms with van der Waals surface area (Å²) in [6, 6.07) is 6.43. The van der Waals surface area contributed by atoms with Gasteiger partial charge in [-0.2, -0.15) is 0 Å². The molecule has 0 spiro atoms. The predicted octanol–water partition coefficient (Wildman–Crippen LogP) is 3.82. The van der Waals surface area contributed by atoms with Crippen molar-refractivity contribution in [3.63, 3.8) is 0 Å². The van der Waals surface area contributed by atoms with Crippen molar-refractivity contribution in [2.75, 3.05) is 6.26 Å². The Balaban J connectivity index is 2.15. The van der Waals surface area contributed by atoms with Gasteiger partial charge in [0.2, 0.25) is 0 Å². The van der Waals surface area contributed by atoms with Crippen LogP contribution in [0.15, 0.2) is 47.1 Å². The van der Waals surface area contributed by atoms with Crippen LogP contribution in [0, 0.1) is 5.82 Å². The third-order valence-corrected chi connectivity index (χ3v) is 3.25. The van der Waals surface area contributed by atoms with Crippen LogP contribution in [-0.4, -0.2) is 17.0 Å². The fourth-order valence-electron chi connectivity index (χ4n) is 1.81. The molecule has 0 saturated carbocycles. The molecule has 0 aromatic heterocycles. The van der Waals surface area contributed by atoms with Crippen LogP contribution in [0.4, 0.5) is 4.39 Å². The van der Waals surface area contributed by atoms with E-state index in [0.717, 1.165) is 16.4 Å². The molecule has 1 aromatic carbocycles. The van der Waals surface area contributed by atoms with Gasteiger partial charge in [0.05, 0.1) is 5.54 Å². The lowest BCUT2D eigenvalue weighted by Crippen LogP contribution is -2.31.